The molecule has 9 rings (SSSR count). The molecule has 0 spiro atoms. The van der Waals surface area contributed by atoms with Gasteiger partial charge in [-0.2, -0.15) is 0 Å². The highest BCUT2D eigenvalue weighted by atomic mass is 16.1. The van der Waals surface area contributed by atoms with Crippen LogP contribution in [0.2, 0.25) is 0 Å². The van der Waals surface area contributed by atoms with E-state index in [1.807, 2.05) is 6.07 Å². The van der Waals surface area contributed by atoms with Crippen molar-refractivity contribution in [3.05, 3.63) is 95.3 Å². The third-order valence-electron chi connectivity index (χ3n) is 9.55. The molecular formula is C38H32N4O. The van der Waals surface area contributed by atoms with Crippen LogP contribution in [-0.2, 0) is 13.1 Å². The molecule has 0 aliphatic rings. The van der Waals surface area contributed by atoms with Crippen LogP contribution in [0.1, 0.15) is 39.5 Å². The van der Waals surface area contributed by atoms with Crippen LogP contribution in [0.5, 0.6) is 0 Å². The van der Waals surface area contributed by atoms with Gasteiger partial charge in [-0.25, -0.2) is 4.98 Å². The van der Waals surface area contributed by atoms with E-state index in [1.165, 1.54) is 43.6 Å². The number of para-hydroxylation sites is 2. The average Bonchev–Trinajstić information content (AvgIpc) is 3.68. The third kappa shape index (κ3) is 3.17. The maximum atomic E-state index is 13.6. The van der Waals surface area contributed by atoms with E-state index in [2.05, 4.69) is 100 Å². The monoisotopic (exact) mass is 560 g/mol. The predicted octanol–water partition coefficient (Wildman–Crippen LogP) is 9.41. The number of nitrogens with zero attached hydrogens (tertiary/aromatic N) is 4. The average molecular weight is 561 g/mol. The first-order valence-electron chi connectivity index (χ1n) is 15.6. The summed E-state index contributed by atoms with van der Waals surface area (Å²) in [4.78, 5) is 19.1. The fourth-order valence-corrected chi connectivity index (χ4v) is 7.68. The van der Waals surface area contributed by atoms with Gasteiger partial charge in [-0.1, -0.05) is 87.4 Å². The first-order chi connectivity index (χ1) is 21.2. The van der Waals surface area contributed by atoms with Gasteiger partial charge in [-0.05, 0) is 41.8 Å². The number of benzene rings is 5. The highest BCUT2D eigenvalue weighted by molar-refractivity contribution is 6.35. The number of aromatic nitrogens is 4. The molecule has 5 heteroatoms. The minimum absolute atomic E-state index is 0.0211. The van der Waals surface area contributed by atoms with Crippen molar-refractivity contribution >= 4 is 81.8 Å². The second-order valence-corrected chi connectivity index (χ2v) is 12.0. The summed E-state index contributed by atoms with van der Waals surface area (Å²) in [7, 11) is 0. The van der Waals surface area contributed by atoms with Crippen molar-refractivity contribution < 1.29 is 0 Å². The molecule has 4 aromatic heterocycles. The molecule has 9 aromatic rings. The summed E-state index contributed by atoms with van der Waals surface area (Å²) in [5, 5.41) is 8.72. The van der Waals surface area contributed by atoms with Gasteiger partial charge in [0.15, 0.2) is 5.43 Å². The molecule has 5 nitrogen and oxygen atoms in total. The fraction of sp³-hybridized carbons (Fsp3) is 0.211. The molecule has 0 aliphatic carbocycles. The van der Waals surface area contributed by atoms with Gasteiger partial charge in [0.2, 0.25) is 0 Å². The summed E-state index contributed by atoms with van der Waals surface area (Å²) < 4.78 is 7.34. The van der Waals surface area contributed by atoms with E-state index in [4.69, 9.17) is 4.98 Å². The molecule has 0 atom stereocenters. The van der Waals surface area contributed by atoms with Crippen LogP contribution < -0.4 is 5.43 Å². The van der Waals surface area contributed by atoms with Gasteiger partial charge < -0.3 is 9.13 Å². The quantitative estimate of drug-likeness (QED) is 0.203. The maximum Gasteiger partial charge on any atom is 0.190 e. The predicted molar refractivity (Wildman–Crippen MR) is 181 cm³/mol. The molecule has 0 unspecified atom stereocenters. The molecule has 0 bridgehead atoms. The van der Waals surface area contributed by atoms with E-state index in [9.17, 15) is 4.79 Å². The number of hydrogen-bond donors (Lipinski definition) is 0. The van der Waals surface area contributed by atoms with Crippen molar-refractivity contribution in [1.82, 2.24) is 18.5 Å². The first kappa shape index (κ1) is 24.7. The highest BCUT2D eigenvalue weighted by Gasteiger charge is 2.27. The highest BCUT2D eigenvalue weighted by Crippen LogP contribution is 2.45. The molecule has 0 radical (unpaired) electrons. The van der Waals surface area contributed by atoms with Crippen LogP contribution >= 0.6 is 0 Å². The van der Waals surface area contributed by atoms with Gasteiger partial charge in [0.05, 0.1) is 21.9 Å². The zero-order valence-electron chi connectivity index (χ0n) is 24.5. The van der Waals surface area contributed by atoms with Gasteiger partial charge in [-0.3, -0.25) is 9.20 Å². The lowest BCUT2D eigenvalue weighted by molar-refractivity contribution is 0.655. The summed E-state index contributed by atoms with van der Waals surface area (Å²) >= 11 is 0. The van der Waals surface area contributed by atoms with E-state index in [0.717, 1.165) is 71.6 Å². The number of aryl methyl sites for hydroxylation is 2. The Morgan fingerprint density at radius 1 is 0.605 bits per heavy atom. The Labute approximate surface area is 247 Å². The largest absolute Gasteiger partial charge is 0.339 e. The van der Waals surface area contributed by atoms with E-state index in [1.54, 1.807) is 6.07 Å². The number of rotatable bonds is 6. The van der Waals surface area contributed by atoms with Crippen molar-refractivity contribution in [3.8, 4) is 0 Å². The van der Waals surface area contributed by atoms with Crippen LogP contribution in [0, 0.1) is 0 Å². The molecule has 0 saturated carbocycles. The van der Waals surface area contributed by atoms with Crippen molar-refractivity contribution in [3.63, 3.8) is 0 Å². The molecule has 0 saturated heterocycles. The standard InChI is InChI=1S/C38H32N4O/c1-3-5-20-40-27-16-9-7-14-25(27)31-34-35(32-26-15-8-10-17-28(26)41(21-6-4-2)37(32)36(31)40)42-22-24-13-11-12-23-18-19-29(43)33(30(23)24)38(42)39-34/h7-19,22H,3-6,20-21H2,1-2H3. The van der Waals surface area contributed by atoms with Gasteiger partial charge in [0.1, 0.15) is 11.2 Å². The Kier molecular flexibility index (Phi) is 5.19. The number of fused-ring (bicyclic) bond motifs is 13. The Morgan fingerprint density at radius 2 is 1.23 bits per heavy atom. The van der Waals surface area contributed by atoms with Crippen LogP contribution in [-0.4, -0.2) is 18.5 Å². The molecule has 0 N–H and O–H groups in total. The minimum atomic E-state index is 0.0211. The molecular weight excluding hydrogens is 528 g/mol. The normalized spacial score (nSPS) is 12.6. The van der Waals surface area contributed by atoms with E-state index in [-0.39, 0.29) is 5.43 Å². The Morgan fingerprint density at radius 3 is 1.93 bits per heavy atom. The second-order valence-electron chi connectivity index (χ2n) is 12.0. The Balaban J connectivity index is 1.65. The summed E-state index contributed by atoms with van der Waals surface area (Å²) in [6.45, 7) is 6.43. The Hall–Kier alpha value is -4.90. The van der Waals surface area contributed by atoms with Crippen molar-refractivity contribution in [2.75, 3.05) is 0 Å². The lowest BCUT2D eigenvalue weighted by Gasteiger charge is -2.12. The Bertz CT molecular complexity index is 2620. The van der Waals surface area contributed by atoms with Crippen molar-refractivity contribution in [2.45, 2.75) is 52.6 Å². The van der Waals surface area contributed by atoms with Crippen LogP contribution in [0.15, 0.2) is 89.9 Å². The first-order valence-corrected chi connectivity index (χ1v) is 15.6. The summed E-state index contributed by atoms with van der Waals surface area (Å²) in [6.07, 6.45) is 6.67. The van der Waals surface area contributed by atoms with Crippen LogP contribution in [0.25, 0.3) is 81.8 Å². The number of hydrogen-bond acceptors (Lipinski definition) is 2. The molecule has 0 fully saturated rings. The number of pyridine rings is 1. The zero-order valence-corrected chi connectivity index (χ0v) is 24.5. The van der Waals surface area contributed by atoms with Gasteiger partial charge >= 0.3 is 0 Å². The summed E-state index contributed by atoms with van der Waals surface area (Å²) in [5.74, 6) is 0. The van der Waals surface area contributed by atoms with Crippen LogP contribution in [0.3, 0.4) is 0 Å². The topological polar surface area (TPSA) is 44.2 Å². The summed E-state index contributed by atoms with van der Waals surface area (Å²) in [5.41, 5.74) is 7.87. The smallest absolute Gasteiger partial charge is 0.190 e. The lowest BCUT2D eigenvalue weighted by atomic mass is 10.0. The van der Waals surface area contributed by atoms with Gasteiger partial charge in [-0.15, -0.1) is 0 Å². The van der Waals surface area contributed by atoms with Crippen molar-refractivity contribution in [2.24, 2.45) is 0 Å². The molecule has 43 heavy (non-hydrogen) atoms. The number of unbranched alkanes of at least 4 members (excludes halogenated alkanes) is 2. The summed E-state index contributed by atoms with van der Waals surface area (Å²) in [6, 6.07) is 27.6. The second kappa shape index (κ2) is 9.05. The lowest BCUT2D eigenvalue weighted by Crippen LogP contribution is -2.03. The molecule has 4 heterocycles. The molecule has 210 valence electrons. The third-order valence-corrected chi connectivity index (χ3v) is 9.55. The molecule has 0 aliphatic heterocycles. The number of imidazole rings is 1. The maximum absolute atomic E-state index is 13.6. The molecule has 0 amide bonds. The zero-order chi connectivity index (χ0) is 28.8. The van der Waals surface area contributed by atoms with E-state index in [0.29, 0.717) is 5.39 Å². The fourth-order valence-electron chi connectivity index (χ4n) is 7.68. The van der Waals surface area contributed by atoms with Gasteiger partial charge in [0, 0.05) is 57.3 Å². The van der Waals surface area contributed by atoms with Gasteiger partial charge in [0.25, 0.3) is 0 Å². The van der Waals surface area contributed by atoms with E-state index < -0.39 is 0 Å². The van der Waals surface area contributed by atoms with Crippen LogP contribution in [0.4, 0.5) is 0 Å². The molecule has 5 aromatic carbocycles. The SMILES string of the molecule is CCCCn1c2ccccc2c2c3nc4c5c(=O)ccc6cccc(cn4c3c3c4ccccc4n(CCCC)c3c21)c65. The minimum Gasteiger partial charge on any atom is -0.339 e. The van der Waals surface area contributed by atoms with Crippen molar-refractivity contribution in [1.29, 1.82) is 0 Å². The van der Waals surface area contributed by atoms with E-state index >= 15 is 0 Å².